The molecule has 140 valence electrons. The molecular weight excluding hydrogens is 367 g/mol. The van der Waals surface area contributed by atoms with Crippen molar-refractivity contribution in [3.8, 4) is 0 Å². The average Bonchev–Trinajstić information content (AvgIpc) is 2.58. The smallest absolute Gasteiger partial charge is 0.369 e. The van der Waals surface area contributed by atoms with Gasteiger partial charge in [0.2, 0.25) is 0 Å². The lowest BCUT2D eigenvalue weighted by molar-refractivity contribution is -0.385. The predicted molar refractivity (Wildman–Crippen MR) is 96.2 cm³/mol. The van der Waals surface area contributed by atoms with Gasteiger partial charge in [0, 0.05) is 23.1 Å². The molecule has 0 radical (unpaired) electrons. The summed E-state index contributed by atoms with van der Waals surface area (Å²) in [6.07, 6.45) is -3.18. The molecule has 0 bridgehead atoms. The van der Waals surface area contributed by atoms with E-state index >= 15 is 0 Å². The molecule has 0 fully saturated rings. The number of hydrogen-bond donors (Lipinski definition) is 1. The number of anilines is 1. The van der Waals surface area contributed by atoms with E-state index in [-0.39, 0.29) is 10.4 Å². The number of halogens is 3. The number of aromatic nitrogens is 1. The molecule has 26 heavy (non-hydrogen) atoms. The summed E-state index contributed by atoms with van der Waals surface area (Å²) in [4.78, 5) is 14.1. The zero-order valence-electron chi connectivity index (χ0n) is 14.2. The molecule has 9 heteroatoms. The first-order valence-corrected chi connectivity index (χ1v) is 8.70. The van der Waals surface area contributed by atoms with Crippen molar-refractivity contribution in [2.24, 2.45) is 0 Å². The Morgan fingerprint density at radius 1 is 1.23 bits per heavy atom. The van der Waals surface area contributed by atoms with Gasteiger partial charge < -0.3 is 5.32 Å². The number of hydrogen-bond acceptors (Lipinski definition) is 5. The van der Waals surface area contributed by atoms with Crippen LogP contribution in [0.15, 0.2) is 42.6 Å². The van der Waals surface area contributed by atoms with Gasteiger partial charge in [-0.25, -0.2) is 4.98 Å². The lowest BCUT2D eigenvalue weighted by Gasteiger charge is -2.25. The summed E-state index contributed by atoms with van der Waals surface area (Å²) in [6.45, 7) is 4.43. The molecule has 0 unspecified atom stereocenters. The molecule has 0 aliphatic carbocycles. The zero-order valence-corrected chi connectivity index (χ0v) is 15.0. The topological polar surface area (TPSA) is 68.1 Å². The van der Waals surface area contributed by atoms with E-state index in [1.54, 1.807) is 6.07 Å². The lowest BCUT2D eigenvalue weighted by atomic mass is 10.1. The molecule has 0 saturated carbocycles. The van der Waals surface area contributed by atoms with E-state index in [0.717, 1.165) is 12.1 Å². The summed E-state index contributed by atoms with van der Waals surface area (Å²) >= 11 is 1.51. The standard InChI is InChI=1S/C17H18F3N3O2S/c1-16(2,11-22-15-7-6-14(9-21-15)23(24)25)26-10-12-4-3-5-13(8-12)17(18,19)20/h3-9H,10-11H2,1-2H3,(H,21,22). The fourth-order valence-electron chi connectivity index (χ4n) is 2.07. The van der Waals surface area contributed by atoms with Crippen LogP contribution in [0.1, 0.15) is 25.0 Å². The average molecular weight is 385 g/mol. The second-order valence-corrected chi connectivity index (χ2v) is 7.94. The minimum absolute atomic E-state index is 0.0891. The van der Waals surface area contributed by atoms with Crippen molar-refractivity contribution < 1.29 is 18.1 Å². The Bertz CT molecular complexity index is 765. The predicted octanol–water partition coefficient (Wildman–Crippen LogP) is 5.13. The minimum atomic E-state index is -4.35. The molecule has 0 amide bonds. The van der Waals surface area contributed by atoms with E-state index in [2.05, 4.69) is 10.3 Å². The van der Waals surface area contributed by atoms with Crippen LogP contribution < -0.4 is 5.32 Å². The van der Waals surface area contributed by atoms with Crippen molar-refractivity contribution in [2.75, 3.05) is 11.9 Å². The summed E-state index contributed by atoms with van der Waals surface area (Å²) < 4.78 is 38.0. The SMILES string of the molecule is CC(C)(CNc1ccc([N+](=O)[O-])cn1)SCc1cccc(C(F)(F)F)c1. The molecule has 0 saturated heterocycles. The molecule has 2 aromatic rings. The van der Waals surface area contributed by atoms with Gasteiger partial charge in [-0.15, -0.1) is 11.8 Å². The van der Waals surface area contributed by atoms with Gasteiger partial charge in [-0.05, 0) is 31.5 Å². The Morgan fingerprint density at radius 2 is 1.96 bits per heavy atom. The molecule has 0 aliphatic rings. The number of nitrogens with one attached hydrogen (secondary N) is 1. The Labute approximate surface area is 153 Å². The van der Waals surface area contributed by atoms with Crippen LogP contribution in [0.5, 0.6) is 0 Å². The third-order valence-corrected chi connectivity index (χ3v) is 4.94. The summed E-state index contributed by atoms with van der Waals surface area (Å²) in [6, 6.07) is 8.17. The van der Waals surface area contributed by atoms with Gasteiger partial charge in [0.15, 0.2) is 0 Å². The Hall–Kier alpha value is -2.29. The summed E-state index contributed by atoms with van der Waals surface area (Å²) in [5.41, 5.74) is -0.137. The quantitative estimate of drug-likeness (QED) is 0.528. The Balaban J connectivity index is 1.91. The van der Waals surface area contributed by atoms with E-state index < -0.39 is 16.7 Å². The van der Waals surface area contributed by atoms with Gasteiger partial charge in [-0.1, -0.05) is 18.2 Å². The van der Waals surface area contributed by atoms with Crippen LogP contribution >= 0.6 is 11.8 Å². The van der Waals surface area contributed by atoms with E-state index in [4.69, 9.17) is 0 Å². The summed E-state index contributed by atoms with van der Waals surface area (Å²) in [7, 11) is 0. The molecule has 0 aliphatic heterocycles. The molecule has 1 aromatic carbocycles. The first-order valence-electron chi connectivity index (χ1n) is 7.71. The monoisotopic (exact) mass is 385 g/mol. The first kappa shape index (κ1) is 20.0. The van der Waals surface area contributed by atoms with Crippen molar-refractivity contribution in [3.05, 3.63) is 63.8 Å². The highest BCUT2D eigenvalue weighted by atomic mass is 32.2. The van der Waals surface area contributed by atoms with Crippen molar-refractivity contribution in [1.29, 1.82) is 0 Å². The van der Waals surface area contributed by atoms with Gasteiger partial charge in [0.05, 0.1) is 10.5 Å². The molecule has 0 spiro atoms. The molecule has 1 aromatic heterocycles. The largest absolute Gasteiger partial charge is 0.416 e. The number of alkyl halides is 3. The highest BCUT2D eigenvalue weighted by Crippen LogP contribution is 2.32. The van der Waals surface area contributed by atoms with Crippen LogP contribution in [0.25, 0.3) is 0 Å². The fourth-order valence-corrected chi connectivity index (χ4v) is 2.98. The third kappa shape index (κ3) is 5.91. The number of nitro groups is 1. The molecule has 0 atom stereocenters. The Kier molecular flexibility index (Phi) is 6.12. The van der Waals surface area contributed by atoms with Crippen molar-refractivity contribution in [2.45, 2.75) is 30.5 Å². The van der Waals surface area contributed by atoms with Gasteiger partial charge in [-0.2, -0.15) is 13.2 Å². The minimum Gasteiger partial charge on any atom is -0.369 e. The van der Waals surface area contributed by atoms with Gasteiger partial charge in [0.1, 0.15) is 12.0 Å². The first-order chi connectivity index (χ1) is 12.1. The van der Waals surface area contributed by atoms with Crippen LogP contribution in [0, 0.1) is 10.1 Å². The highest BCUT2D eigenvalue weighted by Gasteiger charge is 2.30. The van der Waals surface area contributed by atoms with Crippen LogP contribution in [0.4, 0.5) is 24.7 Å². The molecule has 1 heterocycles. The second-order valence-electron chi connectivity index (χ2n) is 6.26. The maximum absolute atomic E-state index is 12.8. The molecule has 1 N–H and O–H groups in total. The number of rotatable bonds is 7. The molecule has 5 nitrogen and oxygen atoms in total. The third-order valence-electron chi connectivity index (χ3n) is 3.54. The normalized spacial score (nSPS) is 12.0. The van der Waals surface area contributed by atoms with Crippen LogP contribution in [-0.4, -0.2) is 21.2 Å². The zero-order chi connectivity index (χ0) is 19.4. The van der Waals surface area contributed by atoms with Crippen molar-refractivity contribution >= 4 is 23.3 Å². The maximum atomic E-state index is 12.8. The fraction of sp³-hybridized carbons (Fsp3) is 0.353. The van der Waals surface area contributed by atoms with E-state index in [9.17, 15) is 23.3 Å². The van der Waals surface area contributed by atoms with E-state index in [0.29, 0.717) is 23.7 Å². The van der Waals surface area contributed by atoms with Crippen LogP contribution in [-0.2, 0) is 11.9 Å². The van der Waals surface area contributed by atoms with Gasteiger partial charge in [-0.3, -0.25) is 10.1 Å². The lowest BCUT2D eigenvalue weighted by Crippen LogP contribution is -2.26. The number of nitrogens with zero attached hydrogens (tertiary/aromatic N) is 2. The molecule has 2 rings (SSSR count). The summed E-state index contributed by atoms with van der Waals surface area (Å²) in [5, 5.41) is 13.7. The summed E-state index contributed by atoms with van der Waals surface area (Å²) in [5.74, 6) is 0.940. The van der Waals surface area contributed by atoms with Crippen LogP contribution in [0.2, 0.25) is 0 Å². The van der Waals surface area contributed by atoms with Crippen molar-refractivity contribution in [1.82, 2.24) is 4.98 Å². The number of thioether (sulfide) groups is 1. The van der Waals surface area contributed by atoms with Crippen molar-refractivity contribution in [3.63, 3.8) is 0 Å². The highest BCUT2D eigenvalue weighted by molar-refractivity contribution is 7.99. The number of benzene rings is 1. The van der Waals surface area contributed by atoms with Gasteiger partial charge in [0.25, 0.3) is 5.69 Å². The van der Waals surface area contributed by atoms with E-state index in [1.807, 2.05) is 13.8 Å². The van der Waals surface area contributed by atoms with E-state index in [1.165, 1.54) is 36.2 Å². The Morgan fingerprint density at radius 3 is 2.54 bits per heavy atom. The number of pyridine rings is 1. The molecular formula is C17H18F3N3O2S. The van der Waals surface area contributed by atoms with Crippen LogP contribution in [0.3, 0.4) is 0 Å². The van der Waals surface area contributed by atoms with Gasteiger partial charge >= 0.3 is 6.18 Å². The second kappa shape index (κ2) is 7.94. The maximum Gasteiger partial charge on any atom is 0.416 e.